The Balaban J connectivity index is 2.55. The summed E-state index contributed by atoms with van der Waals surface area (Å²) < 4.78 is 4.92. The third kappa shape index (κ3) is 3.30. The fraction of sp³-hybridized carbons (Fsp3) is 0.545. The van der Waals surface area contributed by atoms with E-state index in [1.54, 1.807) is 6.92 Å². The largest absolute Gasteiger partial charge is 0.479 e. The summed E-state index contributed by atoms with van der Waals surface area (Å²) in [4.78, 5) is 22.2. The minimum atomic E-state index is -1.47. The molecule has 7 heteroatoms. The fourth-order valence-corrected chi connectivity index (χ4v) is 1.48. The predicted molar refractivity (Wildman–Crippen MR) is 61.2 cm³/mol. The number of carbonyl (C=O) groups excluding carboxylic acids is 1. The van der Waals surface area contributed by atoms with Gasteiger partial charge >= 0.3 is 5.97 Å². The molecule has 1 atom stereocenters. The van der Waals surface area contributed by atoms with E-state index in [0.717, 1.165) is 0 Å². The number of nitrogens with zero attached hydrogens (tertiary/aromatic N) is 1. The van der Waals surface area contributed by atoms with Crippen LogP contribution in [0.2, 0.25) is 0 Å². The molecule has 1 amide bonds. The summed E-state index contributed by atoms with van der Waals surface area (Å²) in [6.07, 6.45) is -0.954. The van der Waals surface area contributed by atoms with Gasteiger partial charge in [-0.3, -0.25) is 4.79 Å². The van der Waals surface area contributed by atoms with Crippen LogP contribution in [0.3, 0.4) is 0 Å². The van der Waals surface area contributed by atoms with Crippen molar-refractivity contribution >= 4 is 11.9 Å². The van der Waals surface area contributed by atoms with Gasteiger partial charge in [0, 0.05) is 13.0 Å². The van der Waals surface area contributed by atoms with Gasteiger partial charge in [0.2, 0.25) is 0 Å². The molecule has 1 rings (SSSR count). The number of carboxylic acid groups (broad SMARTS) is 1. The summed E-state index contributed by atoms with van der Waals surface area (Å²) in [5.41, 5.74) is 0.936. The molecular formula is C11H16N2O5. The van der Waals surface area contributed by atoms with Gasteiger partial charge < -0.3 is 20.1 Å². The smallest absolute Gasteiger partial charge is 0.332 e. The van der Waals surface area contributed by atoms with Crippen LogP contribution in [0, 0.1) is 6.92 Å². The number of aliphatic hydroxyl groups is 1. The van der Waals surface area contributed by atoms with Crippen LogP contribution in [0.5, 0.6) is 0 Å². The monoisotopic (exact) mass is 256 g/mol. The summed E-state index contributed by atoms with van der Waals surface area (Å²) in [5.74, 6) is -1.26. The van der Waals surface area contributed by atoms with Gasteiger partial charge in [0.25, 0.3) is 5.91 Å². The van der Waals surface area contributed by atoms with E-state index in [0.29, 0.717) is 23.4 Å². The van der Waals surface area contributed by atoms with Crippen LogP contribution < -0.4 is 5.32 Å². The maximum atomic E-state index is 11.8. The molecule has 7 nitrogen and oxygen atoms in total. The quantitative estimate of drug-likeness (QED) is 0.666. The Morgan fingerprint density at radius 2 is 2.17 bits per heavy atom. The van der Waals surface area contributed by atoms with Crippen molar-refractivity contribution < 1.29 is 24.3 Å². The molecule has 3 N–H and O–H groups in total. The highest BCUT2D eigenvalue weighted by atomic mass is 16.5. The molecule has 0 saturated heterocycles. The summed E-state index contributed by atoms with van der Waals surface area (Å²) in [6, 6.07) is 0. The van der Waals surface area contributed by atoms with Gasteiger partial charge in [-0.15, -0.1) is 0 Å². The second-order valence-electron chi connectivity index (χ2n) is 3.81. The zero-order chi connectivity index (χ0) is 13.7. The maximum Gasteiger partial charge on any atom is 0.332 e. The molecule has 0 radical (unpaired) electrons. The lowest BCUT2D eigenvalue weighted by molar-refractivity contribution is -0.146. The van der Waals surface area contributed by atoms with Crippen LogP contribution in [0.15, 0.2) is 4.52 Å². The van der Waals surface area contributed by atoms with E-state index >= 15 is 0 Å². The van der Waals surface area contributed by atoms with Gasteiger partial charge in [0.05, 0.1) is 5.69 Å². The standard InChI is InChI=1S/C11H16N2O5/c1-3-7-9(6(2)18-13-7)10(15)12-5-4-8(14)11(16)17/h8,14H,3-5H2,1-2H3,(H,12,15)(H,16,17). The molecule has 1 heterocycles. The Bertz CT molecular complexity index is 441. The Morgan fingerprint density at radius 3 is 2.72 bits per heavy atom. The highest BCUT2D eigenvalue weighted by Crippen LogP contribution is 2.13. The number of nitrogens with one attached hydrogen (secondary N) is 1. The van der Waals surface area contributed by atoms with Crippen molar-refractivity contribution in [1.82, 2.24) is 10.5 Å². The molecule has 0 aromatic carbocycles. The lowest BCUT2D eigenvalue weighted by Crippen LogP contribution is -2.30. The first kappa shape index (κ1) is 14.2. The normalized spacial score (nSPS) is 12.2. The Kier molecular flexibility index (Phi) is 4.85. The van der Waals surface area contributed by atoms with Gasteiger partial charge in [-0.2, -0.15) is 0 Å². The van der Waals surface area contributed by atoms with E-state index in [1.165, 1.54) is 0 Å². The molecular weight excluding hydrogens is 240 g/mol. The van der Waals surface area contributed by atoms with Crippen molar-refractivity contribution in [2.75, 3.05) is 6.54 Å². The molecule has 0 spiro atoms. The first-order valence-corrected chi connectivity index (χ1v) is 5.61. The zero-order valence-corrected chi connectivity index (χ0v) is 10.3. The molecule has 18 heavy (non-hydrogen) atoms. The average Bonchev–Trinajstić information content (AvgIpc) is 2.69. The highest BCUT2D eigenvalue weighted by molar-refractivity contribution is 5.96. The first-order valence-electron chi connectivity index (χ1n) is 5.61. The van der Waals surface area contributed by atoms with E-state index in [-0.39, 0.29) is 18.9 Å². The molecule has 1 unspecified atom stereocenters. The van der Waals surface area contributed by atoms with Gasteiger partial charge in [0.15, 0.2) is 6.10 Å². The number of carbonyl (C=O) groups is 2. The third-order valence-electron chi connectivity index (χ3n) is 2.48. The maximum absolute atomic E-state index is 11.8. The van der Waals surface area contributed by atoms with Gasteiger partial charge in [0.1, 0.15) is 11.3 Å². The van der Waals surface area contributed by atoms with Gasteiger partial charge in [-0.25, -0.2) is 4.79 Å². The summed E-state index contributed by atoms with van der Waals surface area (Å²) in [6.45, 7) is 3.55. The Labute approximate surface area is 104 Å². The molecule has 0 bridgehead atoms. The minimum absolute atomic E-state index is 0.0488. The van der Waals surface area contributed by atoms with Crippen molar-refractivity contribution in [2.24, 2.45) is 0 Å². The summed E-state index contributed by atoms with van der Waals surface area (Å²) >= 11 is 0. The van der Waals surface area contributed by atoms with Gasteiger partial charge in [-0.05, 0) is 13.3 Å². The molecule has 0 aliphatic carbocycles. The van der Waals surface area contributed by atoms with Crippen molar-refractivity contribution in [3.05, 3.63) is 17.0 Å². The Hall–Kier alpha value is -1.89. The fourth-order valence-electron chi connectivity index (χ4n) is 1.48. The number of aliphatic hydroxyl groups excluding tert-OH is 1. The highest BCUT2D eigenvalue weighted by Gasteiger charge is 2.19. The molecule has 1 aromatic rings. The average molecular weight is 256 g/mol. The van der Waals surface area contributed by atoms with Crippen molar-refractivity contribution in [1.29, 1.82) is 0 Å². The number of rotatable bonds is 6. The van der Waals surface area contributed by atoms with E-state index in [1.807, 2.05) is 6.92 Å². The summed E-state index contributed by atoms with van der Waals surface area (Å²) in [5, 5.41) is 23.8. The molecule has 0 fully saturated rings. The van der Waals surface area contributed by atoms with Crippen LogP contribution in [0.1, 0.15) is 35.2 Å². The van der Waals surface area contributed by atoms with Crippen molar-refractivity contribution in [3.63, 3.8) is 0 Å². The van der Waals surface area contributed by atoms with Crippen LogP contribution in [0.4, 0.5) is 0 Å². The molecule has 0 aliphatic heterocycles. The first-order chi connectivity index (χ1) is 8.47. The van der Waals surface area contributed by atoms with Crippen molar-refractivity contribution in [3.8, 4) is 0 Å². The number of aryl methyl sites for hydroxylation is 2. The van der Waals surface area contributed by atoms with Crippen LogP contribution in [-0.4, -0.2) is 39.9 Å². The molecule has 0 saturated carbocycles. The lowest BCUT2D eigenvalue weighted by atomic mass is 10.1. The topological polar surface area (TPSA) is 113 Å². The van der Waals surface area contributed by atoms with Crippen LogP contribution in [-0.2, 0) is 11.2 Å². The Morgan fingerprint density at radius 1 is 1.50 bits per heavy atom. The second kappa shape index (κ2) is 6.15. The number of aromatic nitrogens is 1. The van der Waals surface area contributed by atoms with Crippen molar-refractivity contribution in [2.45, 2.75) is 32.8 Å². The SMILES string of the molecule is CCc1noc(C)c1C(=O)NCCC(O)C(=O)O. The number of hydrogen-bond donors (Lipinski definition) is 3. The predicted octanol–water partition coefficient (Wildman–Crippen LogP) is 0.111. The number of carboxylic acids is 1. The van der Waals surface area contributed by atoms with Crippen LogP contribution in [0.25, 0.3) is 0 Å². The molecule has 0 aliphatic rings. The number of hydrogen-bond acceptors (Lipinski definition) is 5. The van der Waals surface area contributed by atoms with E-state index in [9.17, 15) is 9.59 Å². The lowest BCUT2D eigenvalue weighted by Gasteiger charge is -2.07. The summed E-state index contributed by atoms with van der Waals surface area (Å²) in [7, 11) is 0. The van der Waals surface area contributed by atoms with E-state index < -0.39 is 12.1 Å². The molecule has 1 aromatic heterocycles. The minimum Gasteiger partial charge on any atom is -0.479 e. The number of amides is 1. The second-order valence-corrected chi connectivity index (χ2v) is 3.81. The third-order valence-corrected chi connectivity index (χ3v) is 2.48. The zero-order valence-electron chi connectivity index (χ0n) is 10.3. The molecule has 100 valence electrons. The van der Waals surface area contributed by atoms with E-state index in [4.69, 9.17) is 14.7 Å². The van der Waals surface area contributed by atoms with E-state index in [2.05, 4.69) is 10.5 Å². The van der Waals surface area contributed by atoms with Gasteiger partial charge in [-0.1, -0.05) is 12.1 Å². The van der Waals surface area contributed by atoms with Crippen LogP contribution >= 0.6 is 0 Å². The number of aliphatic carboxylic acids is 1.